The van der Waals surface area contributed by atoms with E-state index in [4.69, 9.17) is 0 Å². The first-order valence-electron chi connectivity index (χ1n) is 9.57. The van der Waals surface area contributed by atoms with Gasteiger partial charge in [-0.05, 0) is 55.8 Å². The summed E-state index contributed by atoms with van der Waals surface area (Å²) >= 11 is 6.73. The van der Waals surface area contributed by atoms with E-state index in [0.717, 1.165) is 25.1 Å². The first-order chi connectivity index (χ1) is 14.5. The molecule has 2 amide bonds. The summed E-state index contributed by atoms with van der Waals surface area (Å²) in [6, 6.07) is 13.3. The zero-order chi connectivity index (χ0) is 23.2. The van der Waals surface area contributed by atoms with E-state index in [-0.39, 0.29) is 12.5 Å². The fraction of sp³-hybridized carbons (Fsp3) is 0.333. The number of carbonyl (C=O) groups is 2. The lowest BCUT2D eigenvalue weighted by Gasteiger charge is -2.31. The Morgan fingerprint density at radius 1 is 1.06 bits per heavy atom. The van der Waals surface area contributed by atoms with Crippen molar-refractivity contribution in [1.82, 2.24) is 10.2 Å². The number of hydrogen-bond acceptors (Lipinski definition) is 4. The lowest BCUT2D eigenvalue weighted by molar-refractivity contribution is -0.139. The minimum absolute atomic E-state index is 0.161. The van der Waals surface area contributed by atoms with E-state index in [1.165, 1.54) is 4.90 Å². The smallest absolute Gasteiger partial charge is 0.244 e. The van der Waals surface area contributed by atoms with Crippen molar-refractivity contribution in [3.8, 4) is 0 Å². The van der Waals surface area contributed by atoms with Crippen molar-refractivity contribution >= 4 is 59.4 Å². The van der Waals surface area contributed by atoms with Crippen LogP contribution in [-0.2, 0) is 26.2 Å². The monoisotopic (exact) mass is 573 g/mol. The molecule has 0 aliphatic carbocycles. The van der Waals surface area contributed by atoms with Gasteiger partial charge in [0.1, 0.15) is 12.6 Å². The molecular weight excluding hydrogens is 550 g/mol. The Morgan fingerprint density at radius 2 is 1.71 bits per heavy atom. The largest absolute Gasteiger partial charge is 0.355 e. The Labute approximate surface area is 200 Å². The third-order valence-electron chi connectivity index (χ3n) is 4.55. The number of nitrogens with zero attached hydrogens (tertiary/aromatic N) is 2. The summed E-state index contributed by atoms with van der Waals surface area (Å²) in [6.07, 6.45) is 1.05. The second-order valence-electron chi connectivity index (χ2n) is 6.97. The summed E-state index contributed by atoms with van der Waals surface area (Å²) < 4.78 is 27.6. The lowest BCUT2D eigenvalue weighted by Crippen LogP contribution is -2.51. The van der Waals surface area contributed by atoms with E-state index in [1.54, 1.807) is 38.1 Å². The number of amides is 2. The maximum Gasteiger partial charge on any atom is 0.244 e. The molecule has 0 heterocycles. The molecule has 10 heteroatoms. The van der Waals surface area contributed by atoms with Crippen molar-refractivity contribution in [2.24, 2.45) is 0 Å². The van der Waals surface area contributed by atoms with Crippen molar-refractivity contribution in [3.63, 3.8) is 0 Å². The number of hydrogen-bond donors (Lipinski definition) is 1. The second kappa shape index (κ2) is 11.1. The molecule has 7 nitrogen and oxygen atoms in total. The van der Waals surface area contributed by atoms with Gasteiger partial charge >= 0.3 is 0 Å². The number of likely N-dealkylation sites (N-methyl/N-ethyl adjacent to an activating group) is 1. The second-order valence-corrected chi connectivity index (χ2v) is 10.7. The minimum atomic E-state index is -3.73. The fourth-order valence-electron chi connectivity index (χ4n) is 2.96. The molecular formula is C21H25Br2N3O4S. The molecule has 2 aromatic rings. The highest BCUT2D eigenvalue weighted by molar-refractivity contribution is 9.10. The molecule has 0 aliphatic heterocycles. The average Bonchev–Trinajstić information content (AvgIpc) is 2.70. The highest BCUT2D eigenvalue weighted by atomic mass is 79.9. The third kappa shape index (κ3) is 7.33. The van der Waals surface area contributed by atoms with Crippen LogP contribution in [0.4, 0.5) is 5.69 Å². The van der Waals surface area contributed by atoms with Crippen LogP contribution in [0.1, 0.15) is 19.4 Å². The van der Waals surface area contributed by atoms with Gasteiger partial charge in [-0.25, -0.2) is 8.42 Å². The molecule has 0 unspecified atom stereocenters. The first-order valence-corrected chi connectivity index (χ1v) is 13.0. The van der Waals surface area contributed by atoms with Gasteiger partial charge in [0.15, 0.2) is 0 Å². The number of halogens is 2. The van der Waals surface area contributed by atoms with Crippen LogP contribution in [0.3, 0.4) is 0 Å². The van der Waals surface area contributed by atoms with Crippen LogP contribution in [0.2, 0.25) is 0 Å². The predicted molar refractivity (Wildman–Crippen MR) is 129 cm³/mol. The van der Waals surface area contributed by atoms with Gasteiger partial charge < -0.3 is 10.2 Å². The van der Waals surface area contributed by atoms with Crippen molar-refractivity contribution < 1.29 is 18.0 Å². The quantitative estimate of drug-likeness (QED) is 0.496. The standard InChI is InChI=1S/C21H25Br2N3O4S/c1-4-24-21(28)15(2)25(13-16-6-5-7-18(23)12-16)20(27)14-26(31(3,29)30)19-10-8-17(22)9-11-19/h5-12,15H,4,13-14H2,1-3H3,(H,24,28)/t15-/m0/s1. The van der Waals surface area contributed by atoms with Gasteiger partial charge in [0.05, 0.1) is 11.9 Å². The van der Waals surface area contributed by atoms with Crippen LogP contribution >= 0.6 is 31.9 Å². The highest BCUT2D eigenvalue weighted by Crippen LogP contribution is 2.22. The van der Waals surface area contributed by atoms with E-state index in [9.17, 15) is 18.0 Å². The van der Waals surface area contributed by atoms with Gasteiger partial charge in [-0.15, -0.1) is 0 Å². The number of nitrogens with one attached hydrogen (secondary N) is 1. The van der Waals surface area contributed by atoms with E-state index in [2.05, 4.69) is 37.2 Å². The maximum atomic E-state index is 13.3. The first kappa shape index (κ1) is 25.4. The SMILES string of the molecule is CCNC(=O)[C@H](C)N(Cc1cccc(Br)c1)C(=O)CN(c1ccc(Br)cc1)S(C)(=O)=O. The molecule has 0 saturated carbocycles. The molecule has 0 fully saturated rings. The third-order valence-corrected chi connectivity index (χ3v) is 6.72. The highest BCUT2D eigenvalue weighted by Gasteiger charge is 2.29. The van der Waals surface area contributed by atoms with Crippen LogP contribution in [0.15, 0.2) is 57.5 Å². The van der Waals surface area contributed by atoms with E-state index in [1.807, 2.05) is 24.3 Å². The van der Waals surface area contributed by atoms with Gasteiger partial charge in [0.2, 0.25) is 21.8 Å². The summed E-state index contributed by atoms with van der Waals surface area (Å²) in [5.74, 6) is -0.785. The van der Waals surface area contributed by atoms with E-state index < -0.39 is 28.5 Å². The summed E-state index contributed by atoms with van der Waals surface area (Å²) in [4.78, 5) is 27.2. The van der Waals surface area contributed by atoms with Gasteiger partial charge in [-0.1, -0.05) is 44.0 Å². The number of carbonyl (C=O) groups excluding carboxylic acids is 2. The zero-order valence-corrected chi connectivity index (χ0v) is 21.5. The summed E-state index contributed by atoms with van der Waals surface area (Å²) in [6.45, 7) is 3.60. The Kier molecular flexibility index (Phi) is 9.08. The van der Waals surface area contributed by atoms with Gasteiger partial charge in [0.25, 0.3) is 0 Å². The lowest BCUT2D eigenvalue weighted by atomic mass is 10.1. The number of sulfonamides is 1. The zero-order valence-electron chi connectivity index (χ0n) is 17.5. The molecule has 0 spiro atoms. The maximum absolute atomic E-state index is 13.3. The minimum Gasteiger partial charge on any atom is -0.355 e. The summed E-state index contributed by atoms with van der Waals surface area (Å²) in [5, 5.41) is 2.72. The fourth-order valence-corrected chi connectivity index (χ4v) is 4.52. The molecule has 0 radical (unpaired) electrons. The van der Waals surface area contributed by atoms with Crippen molar-refractivity contribution in [3.05, 3.63) is 63.0 Å². The normalized spacial score (nSPS) is 12.2. The van der Waals surface area contributed by atoms with E-state index in [0.29, 0.717) is 12.2 Å². The molecule has 1 atom stereocenters. The van der Waals surface area contributed by atoms with Crippen molar-refractivity contribution in [1.29, 1.82) is 0 Å². The Hall–Kier alpha value is -1.91. The van der Waals surface area contributed by atoms with Crippen molar-refractivity contribution in [2.45, 2.75) is 26.4 Å². The van der Waals surface area contributed by atoms with Crippen LogP contribution in [0.25, 0.3) is 0 Å². The molecule has 0 aliphatic rings. The van der Waals surface area contributed by atoms with Crippen molar-refractivity contribution in [2.75, 3.05) is 23.7 Å². The molecule has 0 saturated heterocycles. The summed E-state index contributed by atoms with van der Waals surface area (Å²) in [7, 11) is -3.73. The molecule has 0 aromatic heterocycles. The Bertz CT molecular complexity index is 1030. The van der Waals surface area contributed by atoms with E-state index >= 15 is 0 Å². The van der Waals surface area contributed by atoms with Crippen LogP contribution in [0.5, 0.6) is 0 Å². The van der Waals surface area contributed by atoms with Crippen LogP contribution < -0.4 is 9.62 Å². The Morgan fingerprint density at radius 3 is 2.26 bits per heavy atom. The molecule has 168 valence electrons. The van der Waals surface area contributed by atoms with Crippen LogP contribution in [-0.4, -0.2) is 50.5 Å². The van der Waals surface area contributed by atoms with Gasteiger partial charge in [0, 0.05) is 22.0 Å². The number of benzene rings is 2. The Balaban J connectivity index is 2.37. The van der Waals surface area contributed by atoms with Crippen LogP contribution in [0, 0.1) is 0 Å². The van der Waals surface area contributed by atoms with Gasteiger partial charge in [-0.2, -0.15) is 0 Å². The summed E-state index contributed by atoms with van der Waals surface area (Å²) in [5.41, 5.74) is 1.18. The number of anilines is 1. The topological polar surface area (TPSA) is 86.8 Å². The molecule has 31 heavy (non-hydrogen) atoms. The predicted octanol–water partition coefficient (Wildman–Crippen LogP) is 3.53. The molecule has 0 bridgehead atoms. The molecule has 2 aromatic carbocycles. The number of rotatable bonds is 9. The molecule has 1 N–H and O–H groups in total. The average molecular weight is 575 g/mol. The molecule has 2 rings (SSSR count). The van der Waals surface area contributed by atoms with Gasteiger partial charge in [-0.3, -0.25) is 13.9 Å².